The molecule has 0 bridgehead atoms. The highest BCUT2D eigenvalue weighted by molar-refractivity contribution is 5.25. The van der Waals surface area contributed by atoms with Gasteiger partial charge in [-0.1, -0.05) is 12.8 Å². The van der Waals surface area contributed by atoms with Crippen molar-refractivity contribution >= 4 is 0 Å². The fourth-order valence-electron chi connectivity index (χ4n) is 3.82. The van der Waals surface area contributed by atoms with Crippen LogP contribution in [0.5, 0.6) is 5.75 Å². The predicted molar refractivity (Wildman–Crippen MR) is 87.3 cm³/mol. The standard InChI is InChI=1S/C18H25F2NO4/c19-13-3-4-14(20)15(9-13)25-12-18(24)11-21(8-5-16(18)22)10-17(23)6-1-2-7-17/h3-4,9,16,22-24H,1-2,5-8,10-12H2/t16-,18-/m0/s1. The maximum Gasteiger partial charge on any atom is 0.165 e. The first-order valence-electron chi connectivity index (χ1n) is 8.73. The summed E-state index contributed by atoms with van der Waals surface area (Å²) in [6.07, 6.45) is 2.73. The van der Waals surface area contributed by atoms with Crippen LogP contribution in [0.1, 0.15) is 32.1 Å². The maximum atomic E-state index is 13.7. The molecule has 2 atom stereocenters. The summed E-state index contributed by atoms with van der Waals surface area (Å²) in [5, 5.41) is 31.5. The van der Waals surface area contributed by atoms with Crippen molar-refractivity contribution in [2.45, 2.75) is 49.4 Å². The van der Waals surface area contributed by atoms with Crippen LogP contribution >= 0.6 is 0 Å². The minimum atomic E-state index is -1.61. The van der Waals surface area contributed by atoms with Crippen LogP contribution < -0.4 is 4.74 Å². The van der Waals surface area contributed by atoms with Crippen LogP contribution in [0.15, 0.2) is 18.2 Å². The smallest absolute Gasteiger partial charge is 0.165 e. The van der Waals surface area contributed by atoms with E-state index in [9.17, 15) is 24.1 Å². The van der Waals surface area contributed by atoms with Gasteiger partial charge >= 0.3 is 0 Å². The van der Waals surface area contributed by atoms with Crippen LogP contribution in [-0.4, -0.2) is 63.8 Å². The molecule has 1 saturated heterocycles. The first-order chi connectivity index (χ1) is 11.8. The third kappa shape index (κ3) is 4.28. The second-order valence-corrected chi connectivity index (χ2v) is 7.41. The van der Waals surface area contributed by atoms with Crippen molar-refractivity contribution in [1.29, 1.82) is 0 Å². The number of β-amino-alcohol motifs (C(OH)–C–C–N with tert-alkyl or cyclic N) is 2. The lowest BCUT2D eigenvalue weighted by Crippen LogP contribution is -2.61. The first-order valence-corrected chi connectivity index (χ1v) is 8.73. The number of hydrogen-bond donors (Lipinski definition) is 3. The average Bonchev–Trinajstić information content (AvgIpc) is 2.98. The van der Waals surface area contributed by atoms with E-state index in [1.54, 1.807) is 0 Å². The van der Waals surface area contributed by atoms with Gasteiger partial charge in [0.1, 0.15) is 18.0 Å². The Morgan fingerprint density at radius 2 is 1.92 bits per heavy atom. The lowest BCUT2D eigenvalue weighted by molar-refractivity contribution is -0.147. The van der Waals surface area contributed by atoms with Crippen LogP contribution in [0, 0.1) is 11.6 Å². The molecule has 3 rings (SSSR count). The molecule has 1 aliphatic carbocycles. The van der Waals surface area contributed by atoms with Gasteiger partial charge in [0.2, 0.25) is 0 Å². The molecule has 0 unspecified atom stereocenters. The summed E-state index contributed by atoms with van der Waals surface area (Å²) in [5.41, 5.74) is -2.36. The monoisotopic (exact) mass is 357 g/mol. The molecule has 1 aliphatic heterocycles. The quantitative estimate of drug-likeness (QED) is 0.744. The van der Waals surface area contributed by atoms with E-state index in [1.165, 1.54) is 0 Å². The van der Waals surface area contributed by atoms with E-state index in [0.717, 1.165) is 43.9 Å². The molecule has 5 nitrogen and oxygen atoms in total. The van der Waals surface area contributed by atoms with Crippen molar-refractivity contribution in [3.05, 3.63) is 29.8 Å². The molecule has 0 amide bonds. The van der Waals surface area contributed by atoms with Gasteiger partial charge in [-0.2, -0.15) is 0 Å². The van der Waals surface area contributed by atoms with Crippen LogP contribution in [0.2, 0.25) is 0 Å². The number of nitrogens with zero attached hydrogens (tertiary/aromatic N) is 1. The van der Waals surface area contributed by atoms with Crippen molar-refractivity contribution in [1.82, 2.24) is 4.90 Å². The second kappa shape index (κ2) is 7.15. The zero-order valence-electron chi connectivity index (χ0n) is 14.1. The van der Waals surface area contributed by atoms with Crippen molar-refractivity contribution in [2.75, 3.05) is 26.2 Å². The molecule has 0 aromatic heterocycles. The van der Waals surface area contributed by atoms with Gasteiger partial charge in [-0.15, -0.1) is 0 Å². The molecule has 7 heteroatoms. The Morgan fingerprint density at radius 3 is 2.64 bits per heavy atom. The van der Waals surface area contributed by atoms with Crippen LogP contribution in [0.3, 0.4) is 0 Å². The largest absolute Gasteiger partial charge is 0.487 e. The number of ether oxygens (including phenoxy) is 1. The van der Waals surface area contributed by atoms with Gasteiger partial charge in [0, 0.05) is 25.7 Å². The van der Waals surface area contributed by atoms with E-state index in [-0.39, 0.29) is 18.9 Å². The number of halogens is 2. The molecule has 1 aromatic rings. The van der Waals surface area contributed by atoms with Gasteiger partial charge < -0.3 is 20.1 Å². The zero-order chi connectivity index (χ0) is 18.1. The molecule has 2 fully saturated rings. The first kappa shape index (κ1) is 18.5. The molecule has 25 heavy (non-hydrogen) atoms. The highest BCUT2D eigenvalue weighted by Gasteiger charge is 2.44. The van der Waals surface area contributed by atoms with E-state index < -0.39 is 28.9 Å². The van der Waals surface area contributed by atoms with Crippen molar-refractivity contribution in [2.24, 2.45) is 0 Å². The molecule has 2 aliphatic rings. The SMILES string of the molecule is O[C@H]1CCN(CC2(O)CCCC2)C[C@]1(O)COc1cc(F)ccc1F. The minimum absolute atomic E-state index is 0.105. The molecule has 140 valence electrons. The molecule has 0 radical (unpaired) electrons. The third-order valence-electron chi connectivity index (χ3n) is 5.26. The highest BCUT2D eigenvalue weighted by atomic mass is 19.1. The van der Waals surface area contributed by atoms with Gasteiger partial charge in [-0.05, 0) is 31.4 Å². The van der Waals surface area contributed by atoms with Gasteiger partial charge in [0.05, 0.1) is 11.7 Å². The summed E-state index contributed by atoms with van der Waals surface area (Å²) in [7, 11) is 0. The predicted octanol–water partition coefficient (Wildman–Crippen LogP) is 1.45. The van der Waals surface area contributed by atoms with Crippen molar-refractivity contribution in [3.8, 4) is 5.75 Å². The van der Waals surface area contributed by atoms with Gasteiger partial charge in [0.15, 0.2) is 11.6 Å². The topological polar surface area (TPSA) is 73.2 Å². The van der Waals surface area contributed by atoms with Gasteiger partial charge in [0.25, 0.3) is 0 Å². The molecule has 1 aromatic carbocycles. The minimum Gasteiger partial charge on any atom is -0.487 e. The Hall–Kier alpha value is -1.28. The van der Waals surface area contributed by atoms with Gasteiger partial charge in [-0.25, -0.2) is 8.78 Å². The van der Waals surface area contributed by atoms with E-state index in [0.29, 0.717) is 19.5 Å². The van der Waals surface area contributed by atoms with Crippen molar-refractivity contribution in [3.63, 3.8) is 0 Å². The van der Waals surface area contributed by atoms with E-state index in [1.807, 2.05) is 4.90 Å². The molecule has 0 spiro atoms. The second-order valence-electron chi connectivity index (χ2n) is 7.41. The van der Waals surface area contributed by atoms with Crippen molar-refractivity contribution < 1.29 is 28.8 Å². The third-order valence-corrected chi connectivity index (χ3v) is 5.26. The Labute approximate surface area is 145 Å². The van der Waals surface area contributed by atoms with E-state index in [2.05, 4.69) is 0 Å². The molecular weight excluding hydrogens is 332 g/mol. The fraction of sp³-hybridized carbons (Fsp3) is 0.667. The number of hydrogen-bond acceptors (Lipinski definition) is 5. The van der Waals surface area contributed by atoms with E-state index >= 15 is 0 Å². The zero-order valence-corrected chi connectivity index (χ0v) is 14.1. The fourth-order valence-corrected chi connectivity index (χ4v) is 3.82. The number of rotatable bonds is 5. The van der Waals surface area contributed by atoms with Crippen LogP contribution in [-0.2, 0) is 0 Å². The van der Waals surface area contributed by atoms with Gasteiger partial charge in [-0.3, -0.25) is 4.90 Å². The molecular formula is C18H25F2NO4. The number of likely N-dealkylation sites (tertiary alicyclic amines) is 1. The Kier molecular flexibility index (Phi) is 5.29. The lowest BCUT2D eigenvalue weighted by Gasteiger charge is -2.44. The maximum absolute atomic E-state index is 13.7. The number of aliphatic hydroxyl groups excluding tert-OH is 1. The van der Waals surface area contributed by atoms with Crippen LogP contribution in [0.25, 0.3) is 0 Å². The Balaban J connectivity index is 1.64. The molecule has 1 heterocycles. The average molecular weight is 357 g/mol. The number of benzene rings is 1. The Bertz CT molecular complexity index is 609. The molecule has 3 N–H and O–H groups in total. The normalized spacial score (nSPS) is 29.7. The number of aliphatic hydroxyl groups is 3. The lowest BCUT2D eigenvalue weighted by atomic mass is 9.89. The highest BCUT2D eigenvalue weighted by Crippen LogP contribution is 2.32. The van der Waals surface area contributed by atoms with E-state index in [4.69, 9.17) is 4.74 Å². The Morgan fingerprint density at radius 1 is 1.20 bits per heavy atom. The summed E-state index contributed by atoms with van der Waals surface area (Å²) in [4.78, 5) is 1.91. The number of piperidine rings is 1. The molecule has 1 saturated carbocycles. The summed E-state index contributed by atoms with van der Waals surface area (Å²) in [6.45, 7) is 0.730. The summed E-state index contributed by atoms with van der Waals surface area (Å²) >= 11 is 0. The summed E-state index contributed by atoms with van der Waals surface area (Å²) in [6, 6.07) is 2.84. The van der Waals surface area contributed by atoms with Crippen LogP contribution in [0.4, 0.5) is 8.78 Å². The summed E-state index contributed by atoms with van der Waals surface area (Å²) < 4.78 is 32.1. The summed E-state index contributed by atoms with van der Waals surface area (Å²) in [5.74, 6) is -1.67.